The van der Waals surface area contributed by atoms with Crippen LogP contribution in [-0.4, -0.2) is 37.3 Å². The van der Waals surface area contributed by atoms with Crippen molar-refractivity contribution in [2.75, 3.05) is 27.3 Å². The maximum atomic E-state index is 9.09. The van der Waals surface area contributed by atoms with E-state index in [-0.39, 0.29) is 12.6 Å². The van der Waals surface area contributed by atoms with Gasteiger partial charge in [0.2, 0.25) is 0 Å². The van der Waals surface area contributed by atoms with Crippen molar-refractivity contribution in [3.63, 3.8) is 0 Å². The van der Waals surface area contributed by atoms with Gasteiger partial charge in [-0.25, -0.2) is 0 Å². The number of rotatable bonds is 6. The average Bonchev–Trinajstić information content (AvgIpc) is 2.28. The van der Waals surface area contributed by atoms with E-state index in [4.69, 9.17) is 9.84 Å². The Morgan fingerprint density at radius 3 is 2.59 bits per heavy atom. The fourth-order valence-corrected chi connectivity index (χ4v) is 2.35. The lowest BCUT2D eigenvalue weighted by Crippen LogP contribution is -2.21. The molecule has 0 radical (unpaired) electrons. The van der Waals surface area contributed by atoms with Crippen molar-refractivity contribution in [3.8, 4) is 5.75 Å². The molecule has 4 heteroatoms. The molecule has 0 aliphatic heterocycles. The van der Waals surface area contributed by atoms with Crippen LogP contribution in [0.4, 0.5) is 0 Å². The van der Waals surface area contributed by atoms with Gasteiger partial charge >= 0.3 is 0 Å². The lowest BCUT2D eigenvalue weighted by Gasteiger charge is -2.24. The molecule has 1 aromatic rings. The molecular formula is C13H20BrNO2. The number of hydrogen-bond donors (Lipinski definition) is 1. The monoisotopic (exact) mass is 301 g/mol. The number of ether oxygens (including phenoxy) is 1. The van der Waals surface area contributed by atoms with Crippen LogP contribution in [0.15, 0.2) is 22.7 Å². The van der Waals surface area contributed by atoms with E-state index in [2.05, 4.69) is 33.0 Å². The second-order valence-electron chi connectivity index (χ2n) is 4.11. The second kappa shape index (κ2) is 6.99. The Bertz CT molecular complexity index is 355. The van der Waals surface area contributed by atoms with Gasteiger partial charge in [-0.1, -0.05) is 6.07 Å². The molecule has 0 spiro atoms. The molecule has 0 bridgehead atoms. The molecule has 0 aromatic heterocycles. The van der Waals surface area contributed by atoms with Gasteiger partial charge in [0.05, 0.1) is 11.1 Å². The highest BCUT2D eigenvalue weighted by Gasteiger charge is 2.14. The van der Waals surface area contributed by atoms with Gasteiger partial charge in [-0.15, -0.1) is 0 Å². The van der Waals surface area contributed by atoms with Crippen LogP contribution in [0.2, 0.25) is 0 Å². The molecule has 0 amide bonds. The van der Waals surface area contributed by atoms with E-state index in [1.165, 1.54) is 5.56 Å². The Kier molecular flexibility index (Phi) is 5.95. The molecule has 1 rings (SSSR count). The summed E-state index contributed by atoms with van der Waals surface area (Å²) in [6.07, 6.45) is 0.730. The highest BCUT2D eigenvalue weighted by atomic mass is 79.9. The molecule has 0 aliphatic carbocycles. The predicted octanol–water partition coefficient (Wildman–Crippen LogP) is 2.83. The van der Waals surface area contributed by atoms with E-state index in [0.29, 0.717) is 6.61 Å². The maximum Gasteiger partial charge on any atom is 0.133 e. The smallest absolute Gasteiger partial charge is 0.133 e. The number of aliphatic hydroxyl groups excluding tert-OH is 1. The van der Waals surface area contributed by atoms with Gasteiger partial charge in [0, 0.05) is 12.6 Å². The van der Waals surface area contributed by atoms with E-state index in [9.17, 15) is 0 Å². The summed E-state index contributed by atoms with van der Waals surface area (Å²) in [4.78, 5) is 2.11. The fourth-order valence-electron chi connectivity index (χ4n) is 1.84. The van der Waals surface area contributed by atoms with Gasteiger partial charge < -0.3 is 14.7 Å². The van der Waals surface area contributed by atoms with Crippen molar-refractivity contribution < 1.29 is 9.84 Å². The molecule has 1 unspecified atom stereocenters. The van der Waals surface area contributed by atoms with Crippen molar-refractivity contribution in [2.24, 2.45) is 0 Å². The highest BCUT2D eigenvalue weighted by molar-refractivity contribution is 9.10. The van der Waals surface area contributed by atoms with Crippen LogP contribution in [0, 0.1) is 0 Å². The third kappa shape index (κ3) is 3.98. The number of aliphatic hydroxyl groups is 1. The third-order valence-electron chi connectivity index (χ3n) is 2.67. The first kappa shape index (κ1) is 14.5. The van der Waals surface area contributed by atoms with E-state index in [1.54, 1.807) is 0 Å². The minimum atomic E-state index is 0.188. The Morgan fingerprint density at radius 1 is 1.41 bits per heavy atom. The van der Waals surface area contributed by atoms with Gasteiger partial charge in [-0.05, 0) is 61.1 Å². The topological polar surface area (TPSA) is 32.7 Å². The summed E-state index contributed by atoms with van der Waals surface area (Å²) in [6, 6.07) is 6.31. The summed E-state index contributed by atoms with van der Waals surface area (Å²) < 4.78 is 6.44. The standard InChI is InChI=1S/C13H20BrNO2/c1-4-17-13-6-5-10(9-11(13)14)12(7-8-16)15(2)3/h5-6,9,12,16H,4,7-8H2,1-3H3. The third-order valence-corrected chi connectivity index (χ3v) is 3.29. The summed E-state index contributed by atoms with van der Waals surface area (Å²) in [7, 11) is 4.04. The first-order chi connectivity index (χ1) is 8.10. The van der Waals surface area contributed by atoms with Gasteiger partial charge in [0.1, 0.15) is 5.75 Å². The summed E-state index contributed by atoms with van der Waals surface area (Å²) >= 11 is 3.51. The molecule has 0 saturated carbocycles. The van der Waals surface area contributed by atoms with E-state index in [1.807, 2.05) is 27.1 Å². The van der Waals surface area contributed by atoms with Gasteiger partial charge in [-0.2, -0.15) is 0 Å². The van der Waals surface area contributed by atoms with Crippen molar-refractivity contribution in [1.82, 2.24) is 4.90 Å². The van der Waals surface area contributed by atoms with Crippen LogP contribution in [-0.2, 0) is 0 Å². The Balaban J connectivity index is 2.93. The van der Waals surface area contributed by atoms with Crippen molar-refractivity contribution in [1.29, 1.82) is 0 Å². The lowest BCUT2D eigenvalue weighted by atomic mass is 10.0. The van der Waals surface area contributed by atoms with Crippen molar-refractivity contribution in [2.45, 2.75) is 19.4 Å². The van der Waals surface area contributed by atoms with Gasteiger partial charge in [0.25, 0.3) is 0 Å². The molecular weight excluding hydrogens is 282 g/mol. The quantitative estimate of drug-likeness (QED) is 0.877. The molecule has 1 aromatic carbocycles. The first-order valence-electron chi connectivity index (χ1n) is 5.79. The molecule has 17 heavy (non-hydrogen) atoms. The second-order valence-corrected chi connectivity index (χ2v) is 4.97. The molecule has 0 fully saturated rings. The number of halogens is 1. The van der Waals surface area contributed by atoms with Crippen molar-refractivity contribution in [3.05, 3.63) is 28.2 Å². The van der Waals surface area contributed by atoms with Gasteiger partial charge in [-0.3, -0.25) is 0 Å². The van der Waals surface area contributed by atoms with Crippen LogP contribution in [0.25, 0.3) is 0 Å². The highest BCUT2D eigenvalue weighted by Crippen LogP contribution is 2.30. The van der Waals surface area contributed by atoms with Crippen LogP contribution < -0.4 is 4.74 Å². The Morgan fingerprint density at radius 2 is 2.12 bits per heavy atom. The van der Waals surface area contributed by atoms with E-state index in [0.717, 1.165) is 16.6 Å². The van der Waals surface area contributed by atoms with E-state index < -0.39 is 0 Å². The SMILES string of the molecule is CCOc1ccc(C(CCO)N(C)C)cc1Br. The molecule has 0 saturated heterocycles. The predicted molar refractivity (Wildman–Crippen MR) is 73.4 cm³/mol. The molecule has 96 valence electrons. The van der Waals surface area contributed by atoms with Gasteiger partial charge in [0.15, 0.2) is 0 Å². The zero-order valence-electron chi connectivity index (χ0n) is 10.6. The first-order valence-corrected chi connectivity index (χ1v) is 6.59. The average molecular weight is 302 g/mol. The van der Waals surface area contributed by atoms with Crippen LogP contribution in [0.5, 0.6) is 5.75 Å². The lowest BCUT2D eigenvalue weighted by molar-refractivity contribution is 0.210. The summed E-state index contributed by atoms with van der Waals surface area (Å²) in [5.74, 6) is 0.859. The van der Waals surface area contributed by atoms with Crippen LogP contribution >= 0.6 is 15.9 Å². The zero-order valence-corrected chi connectivity index (χ0v) is 12.2. The van der Waals surface area contributed by atoms with Crippen molar-refractivity contribution >= 4 is 15.9 Å². The van der Waals surface area contributed by atoms with E-state index >= 15 is 0 Å². The Labute approximate surface area is 112 Å². The van der Waals surface area contributed by atoms with Crippen LogP contribution in [0.1, 0.15) is 24.9 Å². The number of nitrogens with zero attached hydrogens (tertiary/aromatic N) is 1. The molecule has 0 heterocycles. The summed E-state index contributed by atoms with van der Waals surface area (Å²) in [5.41, 5.74) is 1.18. The minimum absolute atomic E-state index is 0.188. The number of hydrogen-bond acceptors (Lipinski definition) is 3. The molecule has 1 atom stereocenters. The largest absolute Gasteiger partial charge is 0.493 e. The summed E-state index contributed by atoms with van der Waals surface area (Å²) in [6.45, 7) is 2.81. The molecule has 0 aliphatic rings. The molecule has 3 nitrogen and oxygen atoms in total. The Hall–Kier alpha value is -0.580. The van der Waals surface area contributed by atoms with Crippen LogP contribution in [0.3, 0.4) is 0 Å². The molecule has 1 N–H and O–H groups in total. The maximum absolute atomic E-state index is 9.09. The minimum Gasteiger partial charge on any atom is -0.493 e. The zero-order chi connectivity index (χ0) is 12.8. The normalized spacial score (nSPS) is 12.8. The number of benzene rings is 1. The fraction of sp³-hybridized carbons (Fsp3) is 0.538. The summed E-state index contributed by atoms with van der Waals surface area (Å²) in [5, 5.41) is 9.09.